The standard InChI is InChI=1S/C12H26N4/c1-11-10-14-5-9-16(11)12-2-6-15(7-3-12)8-4-13/h11-12,14H,2-10,13H2,1H3. The van der Waals surface area contributed by atoms with E-state index in [0.29, 0.717) is 6.04 Å². The summed E-state index contributed by atoms with van der Waals surface area (Å²) in [6.45, 7) is 10.2. The largest absolute Gasteiger partial charge is 0.329 e. The van der Waals surface area contributed by atoms with Crippen LogP contribution in [0.2, 0.25) is 0 Å². The molecule has 4 nitrogen and oxygen atoms in total. The molecule has 0 bridgehead atoms. The van der Waals surface area contributed by atoms with E-state index in [0.717, 1.165) is 32.2 Å². The van der Waals surface area contributed by atoms with E-state index >= 15 is 0 Å². The zero-order valence-corrected chi connectivity index (χ0v) is 10.5. The average molecular weight is 226 g/mol. The quantitative estimate of drug-likeness (QED) is 0.694. The smallest absolute Gasteiger partial charge is 0.0195 e. The molecule has 2 aliphatic heterocycles. The van der Waals surface area contributed by atoms with Crippen molar-refractivity contribution in [1.29, 1.82) is 0 Å². The topological polar surface area (TPSA) is 44.5 Å². The summed E-state index contributed by atoms with van der Waals surface area (Å²) in [6.07, 6.45) is 2.65. The van der Waals surface area contributed by atoms with E-state index in [1.165, 1.54) is 32.5 Å². The fourth-order valence-electron chi connectivity index (χ4n) is 3.06. The second kappa shape index (κ2) is 5.96. The molecule has 0 spiro atoms. The van der Waals surface area contributed by atoms with Crippen LogP contribution in [0.1, 0.15) is 19.8 Å². The van der Waals surface area contributed by atoms with E-state index in [2.05, 4.69) is 22.0 Å². The predicted octanol–water partition coefficient (Wildman–Crippen LogP) is -0.297. The van der Waals surface area contributed by atoms with Gasteiger partial charge in [-0.2, -0.15) is 0 Å². The molecule has 2 fully saturated rings. The third-order valence-corrected chi connectivity index (χ3v) is 4.02. The van der Waals surface area contributed by atoms with Gasteiger partial charge in [0.05, 0.1) is 0 Å². The van der Waals surface area contributed by atoms with Gasteiger partial charge in [-0.1, -0.05) is 0 Å². The van der Waals surface area contributed by atoms with Crippen molar-refractivity contribution >= 4 is 0 Å². The lowest BCUT2D eigenvalue weighted by Gasteiger charge is -2.43. The third-order valence-electron chi connectivity index (χ3n) is 4.02. The number of piperidine rings is 1. The minimum Gasteiger partial charge on any atom is -0.329 e. The lowest BCUT2D eigenvalue weighted by atomic mass is 10.0. The van der Waals surface area contributed by atoms with Crippen LogP contribution in [0.5, 0.6) is 0 Å². The summed E-state index contributed by atoms with van der Waals surface area (Å²) in [7, 11) is 0. The van der Waals surface area contributed by atoms with Crippen LogP contribution in [0, 0.1) is 0 Å². The lowest BCUT2D eigenvalue weighted by molar-refractivity contribution is 0.0656. The maximum Gasteiger partial charge on any atom is 0.0195 e. The SMILES string of the molecule is CC1CNCCN1C1CCN(CCN)CC1. The highest BCUT2D eigenvalue weighted by Crippen LogP contribution is 2.19. The number of nitrogens with one attached hydrogen (secondary N) is 1. The summed E-state index contributed by atoms with van der Waals surface area (Å²) in [5.41, 5.74) is 5.60. The predicted molar refractivity (Wildman–Crippen MR) is 67.6 cm³/mol. The molecule has 2 saturated heterocycles. The first-order chi connectivity index (χ1) is 7.81. The molecule has 0 aromatic carbocycles. The van der Waals surface area contributed by atoms with Crippen LogP contribution >= 0.6 is 0 Å². The Morgan fingerprint density at radius 2 is 2.00 bits per heavy atom. The summed E-state index contributed by atoms with van der Waals surface area (Å²) in [6, 6.07) is 1.52. The van der Waals surface area contributed by atoms with E-state index in [1.807, 2.05) is 0 Å². The monoisotopic (exact) mass is 226 g/mol. The van der Waals surface area contributed by atoms with Crippen molar-refractivity contribution in [2.45, 2.75) is 31.8 Å². The van der Waals surface area contributed by atoms with Crippen LogP contribution in [0.15, 0.2) is 0 Å². The minimum atomic E-state index is 0.708. The van der Waals surface area contributed by atoms with E-state index in [1.54, 1.807) is 0 Å². The summed E-state index contributed by atoms with van der Waals surface area (Å²) in [4.78, 5) is 5.21. The van der Waals surface area contributed by atoms with Crippen LogP contribution in [0.4, 0.5) is 0 Å². The molecule has 0 radical (unpaired) electrons. The van der Waals surface area contributed by atoms with Gasteiger partial charge in [0.15, 0.2) is 0 Å². The molecule has 94 valence electrons. The highest BCUT2D eigenvalue weighted by molar-refractivity contribution is 4.86. The highest BCUT2D eigenvalue weighted by atomic mass is 15.3. The third kappa shape index (κ3) is 2.94. The number of nitrogens with zero attached hydrogens (tertiary/aromatic N) is 2. The van der Waals surface area contributed by atoms with Gasteiger partial charge in [0, 0.05) is 44.8 Å². The fourth-order valence-corrected chi connectivity index (χ4v) is 3.06. The van der Waals surface area contributed by atoms with E-state index in [-0.39, 0.29) is 0 Å². The molecule has 0 saturated carbocycles. The van der Waals surface area contributed by atoms with Crippen molar-refractivity contribution in [2.24, 2.45) is 5.73 Å². The van der Waals surface area contributed by atoms with Crippen molar-refractivity contribution in [3.8, 4) is 0 Å². The number of hydrogen-bond donors (Lipinski definition) is 2. The maximum atomic E-state index is 5.60. The van der Waals surface area contributed by atoms with Gasteiger partial charge in [0.1, 0.15) is 0 Å². The minimum absolute atomic E-state index is 0.708. The van der Waals surface area contributed by atoms with Crippen LogP contribution in [-0.2, 0) is 0 Å². The molecule has 2 heterocycles. The molecular formula is C12H26N4. The molecule has 2 rings (SSSR count). The molecule has 1 unspecified atom stereocenters. The first-order valence-electron chi connectivity index (χ1n) is 6.70. The van der Waals surface area contributed by atoms with E-state index in [4.69, 9.17) is 5.73 Å². The van der Waals surface area contributed by atoms with Crippen LogP contribution in [-0.4, -0.2) is 67.7 Å². The van der Waals surface area contributed by atoms with Gasteiger partial charge in [0.2, 0.25) is 0 Å². The van der Waals surface area contributed by atoms with Crippen LogP contribution < -0.4 is 11.1 Å². The van der Waals surface area contributed by atoms with Gasteiger partial charge >= 0.3 is 0 Å². The van der Waals surface area contributed by atoms with Gasteiger partial charge < -0.3 is 16.0 Å². The summed E-state index contributed by atoms with van der Waals surface area (Å²) in [5.74, 6) is 0. The Balaban J connectivity index is 1.79. The number of rotatable bonds is 3. The first kappa shape index (κ1) is 12.3. The Morgan fingerprint density at radius 1 is 1.25 bits per heavy atom. The molecule has 1 atom stereocenters. The highest BCUT2D eigenvalue weighted by Gasteiger charge is 2.28. The Hall–Kier alpha value is -0.160. The van der Waals surface area contributed by atoms with Crippen molar-refractivity contribution in [2.75, 3.05) is 45.8 Å². The van der Waals surface area contributed by atoms with Crippen molar-refractivity contribution in [3.63, 3.8) is 0 Å². The molecule has 0 aromatic rings. The normalized spacial score (nSPS) is 30.8. The van der Waals surface area contributed by atoms with E-state index in [9.17, 15) is 0 Å². The summed E-state index contributed by atoms with van der Waals surface area (Å²) in [5, 5.41) is 3.46. The maximum absolute atomic E-state index is 5.60. The Morgan fingerprint density at radius 3 is 2.62 bits per heavy atom. The molecule has 4 heteroatoms. The summed E-state index contributed by atoms with van der Waals surface area (Å²) < 4.78 is 0. The zero-order chi connectivity index (χ0) is 11.4. The molecule has 0 amide bonds. The van der Waals surface area contributed by atoms with Crippen LogP contribution in [0.3, 0.4) is 0 Å². The molecule has 3 N–H and O–H groups in total. The van der Waals surface area contributed by atoms with Gasteiger partial charge in [-0.25, -0.2) is 0 Å². The Kier molecular flexibility index (Phi) is 4.58. The molecule has 2 aliphatic rings. The second-order valence-corrected chi connectivity index (χ2v) is 5.15. The second-order valence-electron chi connectivity index (χ2n) is 5.15. The van der Waals surface area contributed by atoms with Gasteiger partial charge in [0.25, 0.3) is 0 Å². The molecule has 0 aromatic heterocycles. The van der Waals surface area contributed by atoms with Crippen LogP contribution in [0.25, 0.3) is 0 Å². The first-order valence-corrected chi connectivity index (χ1v) is 6.70. The van der Waals surface area contributed by atoms with Crippen molar-refractivity contribution in [3.05, 3.63) is 0 Å². The zero-order valence-electron chi connectivity index (χ0n) is 10.5. The van der Waals surface area contributed by atoms with Gasteiger partial charge in [-0.05, 0) is 32.9 Å². The van der Waals surface area contributed by atoms with Gasteiger partial charge in [-0.15, -0.1) is 0 Å². The van der Waals surface area contributed by atoms with Crippen molar-refractivity contribution < 1.29 is 0 Å². The Labute approximate surface area is 99.2 Å². The number of likely N-dealkylation sites (tertiary alicyclic amines) is 1. The molecule has 0 aliphatic carbocycles. The average Bonchev–Trinajstić information content (AvgIpc) is 2.31. The van der Waals surface area contributed by atoms with Gasteiger partial charge in [-0.3, -0.25) is 4.90 Å². The number of nitrogens with two attached hydrogens (primary N) is 1. The van der Waals surface area contributed by atoms with Crippen molar-refractivity contribution in [1.82, 2.24) is 15.1 Å². The fraction of sp³-hybridized carbons (Fsp3) is 1.00. The lowest BCUT2D eigenvalue weighted by Crippen LogP contribution is -2.56. The summed E-state index contributed by atoms with van der Waals surface area (Å²) >= 11 is 0. The number of piperazine rings is 1. The molecular weight excluding hydrogens is 200 g/mol. The number of hydrogen-bond acceptors (Lipinski definition) is 4. The van der Waals surface area contributed by atoms with E-state index < -0.39 is 0 Å². The molecule has 16 heavy (non-hydrogen) atoms. The Bertz CT molecular complexity index is 201.